The molecule has 16 nitrogen and oxygen atoms in total. The van der Waals surface area contributed by atoms with E-state index in [2.05, 4.69) is 57.1 Å². The summed E-state index contributed by atoms with van der Waals surface area (Å²) in [5, 5.41) is 13.4. The fraction of sp³-hybridized carbons (Fsp3) is 0.431. The number of piperazine rings is 1. The molecule has 2 fully saturated rings. The van der Waals surface area contributed by atoms with Gasteiger partial charge in [-0.1, -0.05) is 74.0 Å². The number of fused-ring (bicyclic) bond motifs is 3. The number of benzene rings is 4. The maximum Gasteiger partial charge on any atom is 0.355 e. The minimum Gasteiger partial charge on any atom is -0.493 e. The molecule has 2 saturated heterocycles. The van der Waals surface area contributed by atoms with Crippen molar-refractivity contribution in [1.29, 1.82) is 0 Å². The van der Waals surface area contributed by atoms with Gasteiger partial charge in [0.25, 0.3) is 5.91 Å². The summed E-state index contributed by atoms with van der Waals surface area (Å²) in [7, 11) is 1.93. The SMILES string of the molecule is Cc1nn(C)c(C)c1-c1c(Cl)ccc2c(CCCOc3cccc4ccccc34)c(C(=O)OC(C)(C)CCC(C)C)n(CCN3CCN(C(=O)CCc4nc5c(C(=O)NC6CCC(=O)NC6=O)cccc5[nH]4)CC3)c12. The van der Waals surface area contributed by atoms with Crippen LogP contribution < -0.4 is 15.4 Å². The highest BCUT2D eigenvalue weighted by Gasteiger charge is 2.33. The molecule has 3 N–H and O–H groups in total. The fourth-order valence-corrected chi connectivity index (χ4v) is 10.9. The molecule has 0 saturated carbocycles. The highest BCUT2D eigenvalue weighted by Crippen LogP contribution is 2.43. The summed E-state index contributed by atoms with van der Waals surface area (Å²) in [4.78, 5) is 78.2. The second-order valence-corrected chi connectivity index (χ2v) is 21.5. The van der Waals surface area contributed by atoms with Gasteiger partial charge in [0, 0.05) is 93.2 Å². The van der Waals surface area contributed by atoms with E-state index < -0.39 is 23.5 Å². The number of piperidine rings is 1. The number of aromatic amines is 1. The molecule has 7 aromatic rings. The van der Waals surface area contributed by atoms with Gasteiger partial charge in [0.2, 0.25) is 17.7 Å². The predicted octanol–water partition coefficient (Wildman–Crippen LogP) is 9.04. The first-order valence-corrected chi connectivity index (χ1v) is 26.6. The number of ether oxygens (including phenoxy) is 2. The number of carbonyl (C=O) groups is 5. The van der Waals surface area contributed by atoms with Gasteiger partial charge in [0.1, 0.15) is 34.4 Å². The molecular weight excluding hydrogens is 970 g/mol. The molecule has 0 bridgehead atoms. The molecule has 0 radical (unpaired) electrons. The van der Waals surface area contributed by atoms with Crippen molar-refractivity contribution in [3.05, 3.63) is 112 Å². The Balaban J connectivity index is 0.939. The van der Waals surface area contributed by atoms with Crippen LogP contribution >= 0.6 is 11.6 Å². The number of hydrogen-bond acceptors (Lipinski definition) is 10. The third-order valence-corrected chi connectivity index (χ3v) is 15.1. The first-order valence-electron chi connectivity index (χ1n) is 26.3. The van der Waals surface area contributed by atoms with Gasteiger partial charge in [0.15, 0.2) is 0 Å². The molecule has 394 valence electrons. The first kappa shape index (κ1) is 52.8. The van der Waals surface area contributed by atoms with Gasteiger partial charge >= 0.3 is 5.97 Å². The first-order chi connectivity index (χ1) is 36.0. The highest BCUT2D eigenvalue weighted by atomic mass is 35.5. The zero-order valence-electron chi connectivity index (χ0n) is 44.1. The lowest BCUT2D eigenvalue weighted by Crippen LogP contribution is -2.52. The average Bonchev–Trinajstić information content (AvgIpc) is 4.03. The van der Waals surface area contributed by atoms with Crippen LogP contribution in [0.15, 0.2) is 72.8 Å². The molecule has 75 heavy (non-hydrogen) atoms. The van der Waals surface area contributed by atoms with Crippen LogP contribution in [-0.4, -0.2) is 115 Å². The smallest absolute Gasteiger partial charge is 0.355 e. The lowest BCUT2D eigenvalue weighted by Gasteiger charge is -2.35. The Morgan fingerprint density at radius 2 is 1.67 bits per heavy atom. The van der Waals surface area contributed by atoms with Gasteiger partial charge < -0.3 is 29.2 Å². The lowest BCUT2D eigenvalue weighted by molar-refractivity contribution is -0.135. The van der Waals surface area contributed by atoms with Gasteiger partial charge in [-0.25, -0.2) is 9.78 Å². The molecule has 5 heterocycles. The number of hydrogen-bond donors (Lipinski definition) is 3. The Morgan fingerprint density at radius 1 is 0.907 bits per heavy atom. The average molecular weight is 1040 g/mol. The maximum absolute atomic E-state index is 15.1. The van der Waals surface area contributed by atoms with Crippen LogP contribution in [0, 0.1) is 19.8 Å². The second-order valence-electron chi connectivity index (χ2n) is 21.1. The summed E-state index contributed by atoms with van der Waals surface area (Å²) >= 11 is 7.29. The molecule has 9 rings (SSSR count). The number of esters is 1. The summed E-state index contributed by atoms with van der Waals surface area (Å²) in [5.41, 5.74) is 6.47. The molecule has 2 aliphatic heterocycles. The van der Waals surface area contributed by atoms with Crippen molar-refractivity contribution in [3.63, 3.8) is 0 Å². The van der Waals surface area contributed by atoms with Crippen molar-refractivity contribution in [1.82, 2.24) is 44.7 Å². The minimum absolute atomic E-state index is 0.00279. The number of rotatable bonds is 19. The number of carbonyl (C=O) groups excluding carboxylic acids is 5. The van der Waals surface area contributed by atoms with Crippen molar-refractivity contribution >= 4 is 73.9 Å². The van der Waals surface area contributed by atoms with Crippen molar-refractivity contribution < 1.29 is 33.4 Å². The number of amides is 4. The summed E-state index contributed by atoms with van der Waals surface area (Å²) < 4.78 is 17.0. The van der Waals surface area contributed by atoms with E-state index in [1.165, 1.54) is 0 Å². The molecule has 0 aliphatic carbocycles. The van der Waals surface area contributed by atoms with Crippen LogP contribution in [0.4, 0.5) is 0 Å². The molecule has 1 atom stereocenters. The van der Waals surface area contributed by atoms with Crippen molar-refractivity contribution in [2.24, 2.45) is 13.0 Å². The molecule has 0 spiro atoms. The second kappa shape index (κ2) is 22.4. The molecule has 4 amide bonds. The molecule has 4 aromatic carbocycles. The largest absolute Gasteiger partial charge is 0.493 e. The van der Waals surface area contributed by atoms with Crippen molar-refractivity contribution in [3.8, 4) is 16.9 Å². The number of halogens is 1. The maximum atomic E-state index is 15.1. The van der Waals surface area contributed by atoms with E-state index >= 15 is 4.79 Å². The Morgan fingerprint density at radius 3 is 2.41 bits per heavy atom. The van der Waals surface area contributed by atoms with Gasteiger partial charge in [-0.15, -0.1) is 0 Å². The van der Waals surface area contributed by atoms with E-state index in [4.69, 9.17) is 31.2 Å². The Kier molecular flexibility index (Phi) is 15.8. The molecular formula is C58H68ClN9O7. The topological polar surface area (TPSA) is 186 Å². The quantitative estimate of drug-likeness (QED) is 0.0401. The Labute approximate surface area is 442 Å². The van der Waals surface area contributed by atoms with Crippen molar-refractivity contribution in [2.75, 3.05) is 39.3 Å². The van der Waals surface area contributed by atoms with Gasteiger partial charge in [-0.2, -0.15) is 5.10 Å². The van der Waals surface area contributed by atoms with Gasteiger partial charge in [-0.05, 0) is 101 Å². The summed E-state index contributed by atoms with van der Waals surface area (Å²) in [6, 6.07) is 22.6. The van der Waals surface area contributed by atoms with E-state index in [1.807, 2.05) is 86.8 Å². The number of aromatic nitrogens is 5. The minimum atomic E-state index is -0.816. The monoisotopic (exact) mass is 1040 g/mol. The number of imide groups is 1. The van der Waals surface area contributed by atoms with Crippen LogP contribution in [-0.2, 0) is 45.6 Å². The number of aryl methyl sites for hydroxylation is 4. The van der Waals surface area contributed by atoms with E-state index in [0.717, 1.165) is 61.9 Å². The lowest BCUT2D eigenvalue weighted by atomic mass is 9.96. The standard InChI is InChI=1S/C58H68ClN9O7/c1-35(2)26-27-58(5,6)75-57(73)54-40(17-12-34-74-46-19-10-14-38-13-8-9-15-39(38)46)41-20-21-43(59)51(50-36(3)64-65(7)37(50)4)53(41)68(54)33-30-66-28-31-67(32-29-66)49(70)25-23-47-60-44-18-11-16-42(52(44)62-47)55(71)61-45-22-24-48(69)63-56(45)72/h8-11,13-16,18-21,35,45H,12,17,22-34H2,1-7H3,(H,60,62)(H,61,71)(H,63,69,72). The van der Waals surface area contributed by atoms with Gasteiger partial charge in [0.05, 0.1) is 33.9 Å². The number of nitrogens with zero attached hydrogens (tertiary/aromatic N) is 6. The highest BCUT2D eigenvalue weighted by molar-refractivity contribution is 6.35. The zero-order valence-corrected chi connectivity index (χ0v) is 44.9. The molecule has 2 aliphatic rings. The van der Waals surface area contributed by atoms with E-state index in [1.54, 1.807) is 12.1 Å². The molecule has 17 heteroatoms. The molecule has 1 unspecified atom stereocenters. The number of H-pyrrole nitrogens is 1. The Hall–Kier alpha value is -7.04. The van der Waals surface area contributed by atoms with Crippen LogP contribution in [0.2, 0.25) is 5.02 Å². The van der Waals surface area contributed by atoms with Crippen LogP contribution in [0.3, 0.4) is 0 Å². The van der Waals surface area contributed by atoms with E-state index in [-0.39, 0.29) is 37.0 Å². The van der Waals surface area contributed by atoms with Crippen LogP contribution in [0.25, 0.3) is 43.8 Å². The summed E-state index contributed by atoms with van der Waals surface area (Å²) in [6.07, 6.45) is 3.74. The van der Waals surface area contributed by atoms with Gasteiger partial charge in [-0.3, -0.25) is 34.1 Å². The third-order valence-electron chi connectivity index (χ3n) is 14.8. The molecule has 3 aromatic heterocycles. The van der Waals surface area contributed by atoms with Crippen LogP contribution in [0.5, 0.6) is 5.75 Å². The normalized spacial score (nSPS) is 15.6. The number of nitrogens with one attached hydrogen (secondary N) is 3. The van der Waals surface area contributed by atoms with Crippen LogP contribution in [0.1, 0.15) is 110 Å². The summed E-state index contributed by atoms with van der Waals surface area (Å²) in [5.74, 6) is 0.105. The van der Waals surface area contributed by atoms with E-state index in [9.17, 15) is 19.2 Å². The Bertz CT molecular complexity index is 3300. The number of imidazole rings is 1. The zero-order chi connectivity index (χ0) is 53.1. The fourth-order valence-electron chi connectivity index (χ4n) is 10.6. The third kappa shape index (κ3) is 11.6. The van der Waals surface area contributed by atoms with E-state index in [0.29, 0.717) is 111 Å². The van der Waals surface area contributed by atoms with Crippen molar-refractivity contribution in [2.45, 2.75) is 111 Å². The summed E-state index contributed by atoms with van der Waals surface area (Å²) in [6.45, 7) is 16.2. The number of para-hydroxylation sites is 1. The predicted molar refractivity (Wildman–Crippen MR) is 291 cm³/mol.